The minimum atomic E-state index is -1.47. The van der Waals surface area contributed by atoms with Gasteiger partial charge in [-0.3, -0.25) is 0 Å². The number of fused-ring (bicyclic) bond motifs is 1. The molecule has 0 spiro atoms. The van der Waals surface area contributed by atoms with Crippen LogP contribution in [0.5, 0.6) is 0 Å². The fourth-order valence-corrected chi connectivity index (χ4v) is 3.49. The van der Waals surface area contributed by atoms with Crippen LogP contribution in [-0.2, 0) is 38.1 Å². The zero-order valence-electron chi connectivity index (χ0n) is 18.9. The first-order chi connectivity index (χ1) is 15.5. The van der Waals surface area contributed by atoms with Crippen LogP contribution < -0.4 is 0 Å². The number of methoxy groups -OCH3 is 1. The van der Waals surface area contributed by atoms with Crippen LogP contribution >= 0.6 is 0 Å². The maximum Gasteiger partial charge on any atom is 0.337 e. The van der Waals surface area contributed by atoms with E-state index in [-0.39, 0.29) is 35.3 Å². The Labute approximate surface area is 192 Å². The molecule has 178 valence electrons. The van der Waals surface area contributed by atoms with E-state index in [0.717, 1.165) is 7.11 Å². The van der Waals surface area contributed by atoms with Gasteiger partial charge in [0.2, 0.25) is 0 Å². The van der Waals surface area contributed by atoms with Crippen molar-refractivity contribution in [2.75, 3.05) is 13.7 Å². The molecule has 9 nitrogen and oxygen atoms in total. The summed E-state index contributed by atoms with van der Waals surface area (Å²) in [4.78, 5) is 50.1. The van der Waals surface area contributed by atoms with Crippen LogP contribution in [-0.4, -0.2) is 61.0 Å². The molecule has 1 aliphatic carbocycles. The number of hydrogen-bond acceptors (Lipinski definition) is 9. The number of ether oxygens (including phenoxy) is 4. The Hall–Kier alpha value is -3.46. The van der Waals surface area contributed by atoms with E-state index in [2.05, 4.69) is 19.7 Å². The first-order valence-electron chi connectivity index (χ1n) is 10.2. The lowest BCUT2D eigenvalue weighted by Gasteiger charge is -2.33. The minimum Gasteiger partial charge on any atom is -0.466 e. The van der Waals surface area contributed by atoms with Gasteiger partial charge in [0.25, 0.3) is 0 Å². The Bertz CT molecular complexity index is 953. The Morgan fingerprint density at radius 2 is 1.76 bits per heavy atom. The smallest absolute Gasteiger partial charge is 0.337 e. The number of carbonyl (C=O) groups is 4. The molecular formula is C24H28O9. The van der Waals surface area contributed by atoms with Gasteiger partial charge >= 0.3 is 23.9 Å². The van der Waals surface area contributed by atoms with E-state index >= 15 is 0 Å². The Morgan fingerprint density at radius 3 is 2.30 bits per heavy atom. The molecule has 0 radical (unpaired) electrons. The molecular weight excluding hydrogens is 432 g/mol. The lowest BCUT2D eigenvalue weighted by molar-refractivity contribution is -0.166. The van der Waals surface area contributed by atoms with Crippen LogP contribution in [0.4, 0.5) is 0 Å². The van der Waals surface area contributed by atoms with Gasteiger partial charge in [0.15, 0.2) is 12.2 Å². The second-order valence-corrected chi connectivity index (χ2v) is 7.85. The number of aliphatic hydroxyl groups excluding tert-OH is 1. The lowest BCUT2D eigenvalue weighted by atomic mass is 9.83. The van der Waals surface area contributed by atoms with Gasteiger partial charge in [-0.15, -0.1) is 0 Å². The molecule has 0 saturated carbocycles. The van der Waals surface area contributed by atoms with E-state index in [1.165, 1.54) is 19.9 Å². The summed E-state index contributed by atoms with van der Waals surface area (Å²) >= 11 is 0. The van der Waals surface area contributed by atoms with Crippen LogP contribution in [0.2, 0.25) is 0 Å². The van der Waals surface area contributed by atoms with Gasteiger partial charge in [-0.1, -0.05) is 25.8 Å². The SMILES string of the molecule is C=C(C)C(=O)O[C@H]1[C@H]2C(=C)C(=O)O[C@@H]2/C=C(/CO)CC/C=C(/C(=O)OC)[C@H]1OC(=O)C(=C)C. The van der Waals surface area contributed by atoms with Gasteiger partial charge in [-0.2, -0.15) is 0 Å². The number of allylic oxidation sites excluding steroid dienone is 1. The minimum absolute atomic E-state index is 0.0397. The van der Waals surface area contributed by atoms with E-state index in [9.17, 15) is 24.3 Å². The molecule has 0 aromatic rings. The number of carbonyl (C=O) groups excluding carboxylic acids is 4. The van der Waals surface area contributed by atoms with Crippen molar-refractivity contribution in [2.45, 2.75) is 45.0 Å². The largest absolute Gasteiger partial charge is 0.466 e. The van der Waals surface area contributed by atoms with Gasteiger partial charge in [0, 0.05) is 16.7 Å². The summed E-state index contributed by atoms with van der Waals surface area (Å²) in [5.41, 5.74) is 0.471. The average molecular weight is 460 g/mol. The average Bonchev–Trinajstić information content (AvgIpc) is 3.04. The highest BCUT2D eigenvalue weighted by Gasteiger charge is 2.50. The van der Waals surface area contributed by atoms with Crippen molar-refractivity contribution in [2.24, 2.45) is 5.92 Å². The van der Waals surface area contributed by atoms with Gasteiger partial charge in [0.05, 0.1) is 25.2 Å². The van der Waals surface area contributed by atoms with Crippen LogP contribution in [0.3, 0.4) is 0 Å². The zero-order chi connectivity index (χ0) is 24.9. The molecule has 1 fully saturated rings. The molecule has 1 heterocycles. The third-order valence-electron chi connectivity index (χ3n) is 5.25. The molecule has 0 aromatic carbocycles. The normalized spacial score (nSPS) is 28.1. The molecule has 0 aromatic heterocycles. The number of rotatable bonds is 6. The van der Waals surface area contributed by atoms with Crippen molar-refractivity contribution in [1.82, 2.24) is 0 Å². The zero-order valence-corrected chi connectivity index (χ0v) is 18.9. The third kappa shape index (κ3) is 5.87. The Morgan fingerprint density at radius 1 is 1.15 bits per heavy atom. The molecule has 0 bridgehead atoms. The fourth-order valence-electron chi connectivity index (χ4n) is 3.49. The topological polar surface area (TPSA) is 125 Å². The molecule has 4 atom stereocenters. The van der Waals surface area contributed by atoms with E-state index in [0.29, 0.717) is 12.0 Å². The van der Waals surface area contributed by atoms with E-state index in [1.54, 1.807) is 6.08 Å². The Balaban J connectivity index is 2.75. The van der Waals surface area contributed by atoms with Crippen LogP contribution in [0.15, 0.2) is 59.8 Å². The van der Waals surface area contributed by atoms with Crippen molar-refractivity contribution >= 4 is 23.9 Å². The first-order valence-corrected chi connectivity index (χ1v) is 10.2. The fraction of sp³-hybridized carbons (Fsp3) is 0.417. The molecule has 1 saturated heterocycles. The summed E-state index contributed by atoms with van der Waals surface area (Å²) in [7, 11) is 1.15. The van der Waals surface area contributed by atoms with Crippen molar-refractivity contribution in [1.29, 1.82) is 0 Å². The maximum atomic E-state index is 12.7. The van der Waals surface area contributed by atoms with Gasteiger partial charge in [-0.25, -0.2) is 19.2 Å². The second-order valence-electron chi connectivity index (χ2n) is 7.85. The number of aliphatic hydroxyl groups is 1. The van der Waals surface area contributed by atoms with Gasteiger partial charge < -0.3 is 24.1 Å². The first kappa shape index (κ1) is 25.8. The van der Waals surface area contributed by atoms with E-state index in [4.69, 9.17) is 18.9 Å². The molecule has 1 aliphatic heterocycles. The van der Waals surface area contributed by atoms with Crippen molar-refractivity contribution < 1.29 is 43.2 Å². The number of esters is 4. The van der Waals surface area contributed by atoms with Gasteiger partial charge in [-0.05, 0) is 38.3 Å². The second kappa shape index (κ2) is 10.9. The van der Waals surface area contributed by atoms with E-state index < -0.39 is 48.1 Å². The highest BCUT2D eigenvalue weighted by atomic mass is 16.6. The summed E-state index contributed by atoms with van der Waals surface area (Å²) in [6.45, 7) is 13.4. The monoisotopic (exact) mass is 460 g/mol. The summed E-state index contributed by atoms with van der Waals surface area (Å²) in [6.07, 6.45) is -0.246. The third-order valence-corrected chi connectivity index (χ3v) is 5.25. The van der Waals surface area contributed by atoms with Crippen molar-refractivity contribution in [3.63, 3.8) is 0 Å². The predicted octanol–water partition coefficient (Wildman–Crippen LogP) is 1.87. The van der Waals surface area contributed by atoms with Crippen LogP contribution in [0, 0.1) is 5.92 Å². The molecule has 0 amide bonds. The summed E-state index contributed by atoms with van der Waals surface area (Å²) in [5, 5.41) is 9.74. The molecule has 33 heavy (non-hydrogen) atoms. The molecule has 2 aliphatic rings. The summed E-state index contributed by atoms with van der Waals surface area (Å²) < 4.78 is 21.5. The van der Waals surface area contributed by atoms with Crippen LogP contribution in [0.25, 0.3) is 0 Å². The molecule has 0 unspecified atom stereocenters. The molecule has 2 rings (SSSR count). The maximum absolute atomic E-state index is 12.7. The van der Waals surface area contributed by atoms with Gasteiger partial charge in [0.1, 0.15) is 6.10 Å². The lowest BCUT2D eigenvalue weighted by Crippen LogP contribution is -2.46. The van der Waals surface area contributed by atoms with E-state index in [1.807, 2.05) is 0 Å². The quantitative estimate of drug-likeness (QED) is 0.274. The highest BCUT2D eigenvalue weighted by Crippen LogP contribution is 2.38. The van der Waals surface area contributed by atoms with Crippen LogP contribution in [0.1, 0.15) is 26.7 Å². The van der Waals surface area contributed by atoms with Crippen molar-refractivity contribution in [3.8, 4) is 0 Å². The standard InChI is InChI=1S/C24H28O9/c1-12(2)21(26)32-19-16(24(29)30-6)9-7-8-15(11-25)10-17-18(14(5)23(28)31-17)20(19)33-22(27)13(3)4/h9-10,17-20,25H,1,3,5,7-8,11H2,2,4,6H3/b15-10+,16-9+/t17-,18+,19-,20+/m1/s1. The summed E-state index contributed by atoms with van der Waals surface area (Å²) in [5.74, 6) is -4.29. The summed E-state index contributed by atoms with van der Waals surface area (Å²) in [6, 6.07) is 0. The number of hydrogen-bond donors (Lipinski definition) is 1. The molecule has 1 N–H and O–H groups in total. The highest BCUT2D eigenvalue weighted by molar-refractivity contribution is 5.94. The molecule has 9 heteroatoms. The van der Waals surface area contributed by atoms with Crippen molar-refractivity contribution in [3.05, 3.63) is 59.8 Å². The Kier molecular flexibility index (Phi) is 8.53. The predicted molar refractivity (Wildman–Crippen MR) is 116 cm³/mol.